The van der Waals surface area contributed by atoms with Gasteiger partial charge in [-0.1, -0.05) is 60.7 Å². The molecule has 0 unspecified atom stereocenters. The Labute approximate surface area is 203 Å². The standard InChI is InChI=1S/C29H25N5O/c35-29(28-26-9-5-4-8-22(26)12-13-31-28)34-15-14-33(19-25-17-30-20-32-25)27-11-10-23(16-24(27)18-34)21-6-2-1-3-7-21/h1-13,16-17,20H,14-15,18-19H2,(H,30,32). The van der Waals surface area contributed by atoms with Crippen molar-refractivity contribution in [3.05, 3.63) is 115 Å². The van der Waals surface area contributed by atoms with Gasteiger partial charge in [-0.2, -0.15) is 0 Å². The van der Waals surface area contributed by atoms with Crippen molar-refractivity contribution in [3.8, 4) is 11.1 Å². The number of pyridine rings is 1. The number of aromatic amines is 1. The smallest absolute Gasteiger partial charge is 0.273 e. The van der Waals surface area contributed by atoms with Crippen LogP contribution in [0.4, 0.5) is 5.69 Å². The first-order valence-electron chi connectivity index (χ1n) is 11.8. The highest BCUT2D eigenvalue weighted by Crippen LogP contribution is 2.32. The van der Waals surface area contributed by atoms with Gasteiger partial charge in [-0.15, -0.1) is 0 Å². The second-order valence-corrected chi connectivity index (χ2v) is 8.80. The van der Waals surface area contributed by atoms with Crippen LogP contribution in [-0.2, 0) is 13.1 Å². The first-order valence-corrected chi connectivity index (χ1v) is 11.8. The summed E-state index contributed by atoms with van der Waals surface area (Å²) in [5, 5.41) is 1.91. The van der Waals surface area contributed by atoms with Gasteiger partial charge in [-0.25, -0.2) is 4.98 Å². The Kier molecular flexibility index (Phi) is 5.47. The molecule has 0 saturated carbocycles. The van der Waals surface area contributed by atoms with Gasteiger partial charge in [0, 0.05) is 43.1 Å². The molecule has 5 aromatic rings. The molecular formula is C29H25N5O. The van der Waals surface area contributed by atoms with Crippen molar-refractivity contribution in [1.29, 1.82) is 0 Å². The van der Waals surface area contributed by atoms with E-state index >= 15 is 0 Å². The van der Waals surface area contributed by atoms with E-state index in [1.54, 1.807) is 12.5 Å². The van der Waals surface area contributed by atoms with E-state index in [-0.39, 0.29) is 5.91 Å². The first-order chi connectivity index (χ1) is 17.3. The number of carbonyl (C=O) groups excluding carboxylic acids is 1. The van der Waals surface area contributed by atoms with Crippen LogP contribution in [0, 0.1) is 0 Å². The minimum absolute atomic E-state index is 0.0421. The zero-order valence-electron chi connectivity index (χ0n) is 19.3. The van der Waals surface area contributed by atoms with Crippen molar-refractivity contribution >= 4 is 22.4 Å². The molecule has 35 heavy (non-hydrogen) atoms. The number of amides is 1. The summed E-state index contributed by atoms with van der Waals surface area (Å²) in [4.78, 5) is 30.0. The molecule has 0 bridgehead atoms. The quantitative estimate of drug-likeness (QED) is 0.397. The molecule has 6 rings (SSSR count). The van der Waals surface area contributed by atoms with Gasteiger partial charge in [0.05, 0.1) is 18.6 Å². The zero-order chi connectivity index (χ0) is 23.6. The highest BCUT2D eigenvalue weighted by Gasteiger charge is 2.26. The maximum absolute atomic E-state index is 13.8. The fraction of sp³-hybridized carbons (Fsp3) is 0.138. The van der Waals surface area contributed by atoms with Crippen LogP contribution in [0.15, 0.2) is 97.6 Å². The normalized spacial score (nSPS) is 13.5. The molecule has 0 atom stereocenters. The van der Waals surface area contributed by atoms with Crippen LogP contribution in [-0.4, -0.2) is 38.8 Å². The molecular weight excluding hydrogens is 434 g/mol. The number of hydrogen-bond acceptors (Lipinski definition) is 4. The summed E-state index contributed by atoms with van der Waals surface area (Å²) >= 11 is 0. The van der Waals surface area contributed by atoms with E-state index in [4.69, 9.17) is 0 Å². The summed E-state index contributed by atoms with van der Waals surface area (Å²) in [7, 11) is 0. The number of fused-ring (bicyclic) bond motifs is 2. The number of nitrogens with zero attached hydrogens (tertiary/aromatic N) is 4. The van der Waals surface area contributed by atoms with E-state index in [1.807, 2.05) is 59.6 Å². The summed E-state index contributed by atoms with van der Waals surface area (Å²) in [5.74, 6) is -0.0421. The van der Waals surface area contributed by atoms with E-state index in [0.717, 1.165) is 38.8 Å². The average molecular weight is 460 g/mol. The number of imidazole rings is 1. The third kappa shape index (κ3) is 4.15. The van der Waals surface area contributed by atoms with Crippen molar-refractivity contribution in [2.75, 3.05) is 18.0 Å². The van der Waals surface area contributed by atoms with Gasteiger partial charge in [0.25, 0.3) is 5.91 Å². The van der Waals surface area contributed by atoms with Crippen LogP contribution in [0.1, 0.15) is 21.7 Å². The lowest BCUT2D eigenvalue weighted by Crippen LogP contribution is -2.35. The van der Waals surface area contributed by atoms with Gasteiger partial charge in [0.2, 0.25) is 0 Å². The molecule has 172 valence electrons. The summed E-state index contributed by atoms with van der Waals surface area (Å²) in [6.07, 6.45) is 5.35. The lowest BCUT2D eigenvalue weighted by atomic mass is 10.0. The van der Waals surface area contributed by atoms with Crippen LogP contribution in [0.3, 0.4) is 0 Å². The van der Waals surface area contributed by atoms with Crippen LogP contribution < -0.4 is 4.90 Å². The maximum Gasteiger partial charge on any atom is 0.273 e. The Morgan fingerprint density at radius 3 is 2.60 bits per heavy atom. The second kappa shape index (κ2) is 9.06. The Bertz CT molecular complexity index is 1470. The lowest BCUT2D eigenvalue weighted by Gasteiger charge is -2.24. The fourth-order valence-electron chi connectivity index (χ4n) is 4.83. The third-order valence-electron chi connectivity index (χ3n) is 6.60. The van der Waals surface area contributed by atoms with Gasteiger partial charge in [0.15, 0.2) is 0 Å². The number of hydrogen-bond donors (Lipinski definition) is 1. The van der Waals surface area contributed by atoms with Gasteiger partial charge in [0.1, 0.15) is 5.69 Å². The summed E-state index contributed by atoms with van der Waals surface area (Å²) in [6.45, 7) is 2.51. The Balaban J connectivity index is 1.39. The molecule has 0 fully saturated rings. The number of H-pyrrole nitrogens is 1. The Hall–Kier alpha value is -4.45. The SMILES string of the molecule is O=C(c1nccc2ccccc12)N1CCN(Cc2c[nH]cn2)c2ccc(-c3ccccc3)cc2C1. The number of rotatable bonds is 4. The molecule has 3 aromatic carbocycles. The highest BCUT2D eigenvalue weighted by molar-refractivity contribution is 6.05. The molecule has 2 aromatic heterocycles. The predicted octanol–water partition coefficient (Wildman–Crippen LogP) is 5.29. The van der Waals surface area contributed by atoms with Crippen molar-refractivity contribution < 1.29 is 4.79 Å². The largest absolute Gasteiger partial charge is 0.364 e. The molecule has 0 saturated heterocycles. The van der Waals surface area contributed by atoms with Gasteiger partial charge >= 0.3 is 0 Å². The minimum Gasteiger partial charge on any atom is -0.364 e. The van der Waals surface area contributed by atoms with E-state index in [9.17, 15) is 4.79 Å². The second-order valence-electron chi connectivity index (χ2n) is 8.80. The van der Waals surface area contributed by atoms with Gasteiger partial charge in [-0.05, 0) is 40.3 Å². The summed E-state index contributed by atoms with van der Waals surface area (Å²) < 4.78 is 0. The van der Waals surface area contributed by atoms with Crippen molar-refractivity contribution in [2.45, 2.75) is 13.1 Å². The van der Waals surface area contributed by atoms with E-state index in [1.165, 1.54) is 0 Å². The number of nitrogens with one attached hydrogen (secondary N) is 1. The zero-order valence-corrected chi connectivity index (χ0v) is 19.3. The predicted molar refractivity (Wildman–Crippen MR) is 138 cm³/mol. The Morgan fingerprint density at radius 2 is 1.74 bits per heavy atom. The molecule has 3 heterocycles. The maximum atomic E-state index is 13.8. The van der Waals surface area contributed by atoms with E-state index in [2.05, 4.69) is 50.2 Å². The third-order valence-corrected chi connectivity index (χ3v) is 6.60. The Morgan fingerprint density at radius 1 is 0.886 bits per heavy atom. The van der Waals surface area contributed by atoms with Crippen molar-refractivity contribution in [2.24, 2.45) is 0 Å². The van der Waals surface area contributed by atoms with E-state index in [0.29, 0.717) is 31.9 Å². The monoisotopic (exact) mass is 459 g/mol. The number of benzene rings is 3. The number of carbonyl (C=O) groups is 1. The summed E-state index contributed by atoms with van der Waals surface area (Å²) in [6, 6.07) is 26.8. The van der Waals surface area contributed by atoms with Gasteiger partial charge in [-0.3, -0.25) is 9.78 Å². The molecule has 0 aliphatic carbocycles. The fourth-order valence-corrected chi connectivity index (χ4v) is 4.83. The molecule has 0 spiro atoms. The van der Waals surface area contributed by atoms with Crippen LogP contribution in [0.2, 0.25) is 0 Å². The molecule has 0 radical (unpaired) electrons. The van der Waals surface area contributed by atoms with E-state index < -0.39 is 0 Å². The molecule has 1 amide bonds. The minimum atomic E-state index is -0.0421. The van der Waals surface area contributed by atoms with Gasteiger partial charge < -0.3 is 14.8 Å². The topological polar surface area (TPSA) is 65.1 Å². The molecule has 1 aliphatic rings. The van der Waals surface area contributed by atoms with Crippen molar-refractivity contribution in [3.63, 3.8) is 0 Å². The van der Waals surface area contributed by atoms with Crippen LogP contribution in [0.25, 0.3) is 21.9 Å². The number of aromatic nitrogens is 3. The average Bonchev–Trinajstić information content (AvgIpc) is 3.36. The molecule has 1 N–H and O–H groups in total. The molecule has 6 heteroatoms. The number of anilines is 1. The first kappa shape index (κ1) is 21.1. The lowest BCUT2D eigenvalue weighted by molar-refractivity contribution is 0.0747. The van der Waals surface area contributed by atoms with Crippen LogP contribution >= 0.6 is 0 Å². The summed E-state index contributed by atoms with van der Waals surface area (Å²) in [5.41, 5.74) is 6.03. The molecule has 1 aliphatic heterocycles. The van der Waals surface area contributed by atoms with Crippen LogP contribution in [0.5, 0.6) is 0 Å². The highest BCUT2D eigenvalue weighted by atomic mass is 16.2. The molecule has 6 nitrogen and oxygen atoms in total. The van der Waals surface area contributed by atoms with Crippen molar-refractivity contribution in [1.82, 2.24) is 19.9 Å².